The maximum absolute atomic E-state index is 6.40. The molecule has 4 nitrogen and oxygen atoms in total. The van der Waals surface area contributed by atoms with Crippen molar-refractivity contribution in [1.29, 1.82) is 0 Å². The van der Waals surface area contributed by atoms with Crippen molar-refractivity contribution in [2.45, 2.75) is 19.8 Å². The minimum absolute atomic E-state index is 0.382. The Kier molecular flexibility index (Phi) is 2.94. The van der Waals surface area contributed by atoms with Crippen molar-refractivity contribution in [3.8, 4) is 5.69 Å². The Balaban J connectivity index is 2.08. The fraction of sp³-hybridized carbons (Fsp3) is 0.176. The Labute approximate surface area is 132 Å². The third kappa shape index (κ3) is 1.91. The standard InChI is InChI=1S/C17H15ClN4/c1-10(2)15-7-11-4-3-5-19-17(11)22(15)13-6-12-9-20-21-16(12)14(18)8-13/h3-10H,1-2H3,(H,20,21). The van der Waals surface area contributed by atoms with Gasteiger partial charge in [-0.2, -0.15) is 5.10 Å². The predicted molar refractivity (Wildman–Crippen MR) is 89.8 cm³/mol. The van der Waals surface area contributed by atoms with Crippen molar-refractivity contribution in [3.05, 3.63) is 53.4 Å². The molecule has 3 heterocycles. The molecule has 110 valence electrons. The van der Waals surface area contributed by atoms with Gasteiger partial charge in [-0.1, -0.05) is 25.4 Å². The maximum atomic E-state index is 6.40. The lowest BCUT2D eigenvalue weighted by Crippen LogP contribution is -2.02. The molecule has 0 atom stereocenters. The van der Waals surface area contributed by atoms with E-state index < -0.39 is 0 Å². The zero-order valence-corrected chi connectivity index (χ0v) is 13.1. The molecule has 0 saturated carbocycles. The average Bonchev–Trinajstić information content (AvgIpc) is 3.11. The van der Waals surface area contributed by atoms with Crippen LogP contribution in [-0.2, 0) is 0 Å². The van der Waals surface area contributed by atoms with Gasteiger partial charge in [-0.25, -0.2) is 4.98 Å². The lowest BCUT2D eigenvalue weighted by Gasteiger charge is -2.13. The van der Waals surface area contributed by atoms with Crippen molar-refractivity contribution in [2.75, 3.05) is 0 Å². The normalized spacial score (nSPS) is 11.8. The van der Waals surface area contributed by atoms with E-state index in [1.807, 2.05) is 18.3 Å². The highest BCUT2D eigenvalue weighted by molar-refractivity contribution is 6.35. The number of hydrogen-bond acceptors (Lipinski definition) is 2. The third-order valence-corrected chi connectivity index (χ3v) is 4.22. The fourth-order valence-electron chi connectivity index (χ4n) is 2.88. The molecule has 0 unspecified atom stereocenters. The van der Waals surface area contributed by atoms with Crippen LogP contribution in [0.5, 0.6) is 0 Å². The van der Waals surface area contributed by atoms with Crippen LogP contribution < -0.4 is 0 Å². The molecular weight excluding hydrogens is 296 g/mol. The lowest BCUT2D eigenvalue weighted by atomic mass is 10.1. The summed E-state index contributed by atoms with van der Waals surface area (Å²) in [6.07, 6.45) is 3.61. The van der Waals surface area contributed by atoms with E-state index in [-0.39, 0.29) is 0 Å². The number of benzene rings is 1. The molecule has 3 aromatic heterocycles. The summed E-state index contributed by atoms with van der Waals surface area (Å²) in [6.45, 7) is 4.37. The Morgan fingerprint density at radius 3 is 2.86 bits per heavy atom. The van der Waals surface area contributed by atoms with Gasteiger partial charge in [-0.05, 0) is 36.2 Å². The van der Waals surface area contributed by atoms with Crippen LogP contribution in [-0.4, -0.2) is 19.7 Å². The van der Waals surface area contributed by atoms with Crippen LogP contribution in [0.3, 0.4) is 0 Å². The maximum Gasteiger partial charge on any atom is 0.144 e. The van der Waals surface area contributed by atoms with Crippen LogP contribution >= 0.6 is 11.6 Å². The van der Waals surface area contributed by atoms with E-state index in [0.717, 1.165) is 27.6 Å². The molecule has 0 radical (unpaired) electrons. The van der Waals surface area contributed by atoms with Gasteiger partial charge in [-0.15, -0.1) is 0 Å². The van der Waals surface area contributed by atoms with Crippen molar-refractivity contribution < 1.29 is 0 Å². The van der Waals surface area contributed by atoms with Gasteiger partial charge in [0.25, 0.3) is 0 Å². The summed E-state index contributed by atoms with van der Waals surface area (Å²) >= 11 is 6.40. The van der Waals surface area contributed by atoms with Crippen molar-refractivity contribution in [2.24, 2.45) is 0 Å². The summed E-state index contributed by atoms with van der Waals surface area (Å²) < 4.78 is 2.18. The van der Waals surface area contributed by atoms with Crippen LogP contribution in [0.4, 0.5) is 0 Å². The number of aromatic nitrogens is 4. The van der Waals surface area contributed by atoms with Crippen LogP contribution in [0.1, 0.15) is 25.5 Å². The summed E-state index contributed by atoms with van der Waals surface area (Å²) in [5, 5.41) is 9.79. The number of nitrogens with zero attached hydrogens (tertiary/aromatic N) is 3. The Morgan fingerprint density at radius 2 is 2.05 bits per heavy atom. The van der Waals surface area contributed by atoms with Gasteiger partial charge in [0.2, 0.25) is 0 Å². The Bertz CT molecular complexity index is 981. The molecule has 0 aliphatic heterocycles. The summed E-state index contributed by atoms with van der Waals surface area (Å²) in [4.78, 5) is 4.55. The van der Waals surface area contributed by atoms with Gasteiger partial charge in [0.15, 0.2) is 0 Å². The van der Waals surface area contributed by atoms with Gasteiger partial charge in [0.05, 0.1) is 16.7 Å². The number of H-pyrrole nitrogens is 1. The monoisotopic (exact) mass is 310 g/mol. The number of hydrogen-bond donors (Lipinski definition) is 1. The van der Waals surface area contributed by atoms with Gasteiger partial charge in [-0.3, -0.25) is 9.67 Å². The van der Waals surface area contributed by atoms with Gasteiger partial charge in [0, 0.05) is 28.4 Å². The summed E-state index contributed by atoms with van der Waals surface area (Å²) in [7, 11) is 0. The summed E-state index contributed by atoms with van der Waals surface area (Å²) in [5.41, 5.74) is 4.04. The largest absolute Gasteiger partial charge is 0.298 e. The Morgan fingerprint density at radius 1 is 1.18 bits per heavy atom. The number of aromatic amines is 1. The molecule has 22 heavy (non-hydrogen) atoms. The zero-order chi connectivity index (χ0) is 15.3. The molecule has 0 saturated heterocycles. The van der Waals surface area contributed by atoms with E-state index >= 15 is 0 Å². The van der Waals surface area contributed by atoms with Crippen molar-refractivity contribution in [3.63, 3.8) is 0 Å². The van der Waals surface area contributed by atoms with E-state index in [2.05, 4.69) is 51.8 Å². The minimum atomic E-state index is 0.382. The molecule has 4 aromatic rings. The first kappa shape index (κ1) is 13.3. The first-order valence-electron chi connectivity index (χ1n) is 7.24. The molecule has 0 aliphatic carbocycles. The number of rotatable bonds is 2. The average molecular weight is 311 g/mol. The molecule has 5 heteroatoms. The van der Waals surface area contributed by atoms with Gasteiger partial charge in [0.1, 0.15) is 5.65 Å². The summed E-state index contributed by atoms with van der Waals surface area (Å²) in [5.74, 6) is 0.382. The van der Waals surface area contributed by atoms with Crippen LogP contribution in [0.2, 0.25) is 5.02 Å². The SMILES string of the molecule is CC(C)c1cc2cccnc2n1-c1cc(Cl)c2[nH]ncc2c1. The predicted octanol–water partition coefficient (Wildman–Crippen LogP) is 4.68. The van der Waals surface area contributed by atoms with Crippen LogP contribution in [0.15, 0.2) is 42.7 Å². The molecule has 1 aromatic carbocycles. The number of fused-ring (bicyclic) bond motifs is 2. The van der Waals surface area contributed by atoms with E-state index in [0.29, 0.717) is 10.9 Å². The molecule has 1 N–H and O–H groups in total. The van der Waals surface area contributed by atoms with Gasteiger partial charge < -0.3 is 0 Å². The van der Waals surface area contributed by atoms with E-state index in [1.54, 1.807) is 6.20 Å². The molecule has 0 aliphatic rings. The smallest absolute Gasteiger partial charge is 0.144 e. The first-order valence-corrected chi connectivity index (χ1v) is 7.62. The molecule has 0 fully saturated rings. The van der Waals surface area contributed by atoms with E-state index in [9.17, 15) is 0 Å². The quantitative estimate of drug-likeness (QED) is 0.584. The second kappa shape index (κ2) is 4.85. The lowest BCUT2D eigenvalue weighted by molar-refractivity contribution is 0.793. The van der Waals surface area contributed by atoms with E-state index in [4.69, 9.17) is 11.6 Å². The number of halogens is 1. The fourth-order valence-corrected chi connectivity index (χ4v) is 3.14. The van der Waals surface area contributed by atoms with Crippen molar-refractivity contribution >= 4 is 33.5 Å². The second-order valence-corrected chi connectivity index (χ2v) is 6.14. The highest BCUT2D eigenvalue weighted by Crippen LogP contribution is 2.31. The van der Waals surface area contributed by atoms with Crippen molar-refractivity contribution in [1.82, 2.24) is 19.7 Å². The van der Waals surface area contributed by atoms with E-state index in [1.165, 1.54) is 5.69 Å². The highest BCUT2D eigenvalue weighted by atomic mass is 35.5. The second-order valence-electron chi connectivity index (χ2n) is 5.74. The molecule has 4 rings (SSSR count). The zero-order valence-electron chi connectivity index (χ0n) is 12.3. The molecule has 0 bridgehead atoms. The molecule has 0 amide bonds. The molecular formula is C17H15ClN4. The highest BCUT2D eigenvalue weighted by Gasteiger charge is 2.15. The van der Waals surface area contributed by atoms with Gasteiger partial charge >= 0.3 is 0 Å². The van der Waals surface area contributed by atoms with Crippen LogP contribution in [0, 0.1) is 0 Å². The number of nitrogens with one attached hydrogen (secondary N) is 1. The third-order valence-electron chi connectivity index (χ3n) is 3.93. The minimum Gasteiger partial charge on any atom is -0.298 e. The molecule has 0 spiro atoms. The number of pyridine rings is 1. The first-order chi connectivity index (χ1) is 10.6. The summed E-state index contributed by atoms with van der Waals surface area (Å²) in [6, 6.07) is 10.3. The Hall–Kier alpha value is -2.33. The van der Waals surface area contributed by atoms with Crippen LogP contribution in [0.25, 0.3) is 27.6 Å². The topological polar surface area (TPSA) is 46.5 Å².